The highest BCUT2D eigenvalue weighted by atomic mass is 79.9. The number of pyridine rings is 1. The summed E-state index contributed by atoms with van der Waals surface area (Å²) in [6, 6.07) is 10.1. The Kier molecular flexibility index (Phi) is 6.27. The predicted octanol–water partition coefficient (Wildman–Crippen LogP) is 6.22. The summed E-state index contributed by atoms with van der Waals surface area (Å²) in [5.41, 5.74) is 0.934. The number of nitrogens with zero attached hydrogens (tertiary/aromatic N) is 1. The second-order valence-corrected chi connectivity index (χ2v) is 10.7. The lowest BCUT2D eigenvalue weighted by Crippen LogP contribution is -2.16. The molecule has 3 rings (SSSR count). The van der Waals surface area contributed by atoms with Crippen LogP contribution >= 0.6 is 31.9 Å². The molecule has 29 heavy (non-hydrogen) atoms. The second kappa shape index (κ2) is 8.24. The standard InChI is InChI=1S/C21H21Br2NO4S/c1-5-27-18-9-8-13(11-15(18)21(2,3)4)29(25,26)28-20-17(23)12-16(22)14-7-6-10-24-19(14)20/h6-12H,5H2,1-4H3. The summed E-state index contributed by atoms with van der Waals surface area (Å²) in [6.07, 6.45) is 1.59. The van der Waals surface area contributed by atoms with Crippen LogP contribution in [-0.4, -0.2) is 20.0 Å². The highest BCUT2D eigenvalue weighted by Crippen LogP contribution is 2.39. The van der Waals surface area contributed by atoms with Crippen molar-refractivity contribution in [3.8, 4) is 11.5 Å². The molecular formula is C21H21Br2NO4S. The molecule has 0 N–H and O–H groups in total. The van der Waals surface area contributed by atoms with Gasteiger partial charge in [-0.15, -0.1) is 0 Å². The van der Waals surface area contributed by atoms with Crippen LogP contribution in [0, 0.1) is 0 Å². The van der Waals surface area contributed by atoms with Gasteiger partial charge in [-0.1, -0.05) is 42.8 Å². The molecule has 0 aliphatic heterocycles. The van der Waals surface area contributed by atoms with Crippen molar-refractivity contribution in [1.82, 2.24) is 4.98 Å². The second-order valence-electron chi connectivity index (χ2n) is 7.45. The SMILES string of the molecule is CCOc1ccc(S(=O)(=O)Oc2c(Br)cc(Br)c3cccnc23)cc1C(C)(C)C. The van der Waals surface area contributed by atoms with Crippen LogP contribution in [0.2, 0.25) is 0 Å². The summed E-state index contributed by atoms with van der Waals surface area (Å²) in [5.74, 6) is 0.811. The van der Waals surface area contributed by atoms with E-state index in [1.165, 1.54) is 6.07 Å². The van der Waals surface area contributed by atoms with Crippen LogP contribution in [0.5, 0.6) is 11.5 Å². The third-order valence-electron chi connectivity index (χ3n) is 4.29. The summed E-state index contributed by atoms with van der Waals surface area (Å²) in [6.45, 7) is 8.40. The van der Waals surface area contributed by atoms with Gasteiger partial charge in [-0.3, -0.25) is 4.98 Å². The molecule has 2 aromatic carbocycles. The number of hydrogen-bond donors (Lipinski definition) is 0. The Labute approximate surface area is 187 Å². The van der Waals surface area contributed by atoms with Crippen molar-refractivity contribution in [2.24, 2.45) is 0 Å². The van der Waals surface area contributed by atoms with Gasteiger partial charge in [0.2, 0.25) is 0 Å². The Morgan fingerprint density at radius 1 is 1.07 bits per heavy atom. The first-order valence-electron chi connectivity index (χ1n) is 8.99. The molecule has 0 bridgehead atoms. The minimum absolute atomic E-state index is 0.0600. The van der Waals surface area contributed by atoms with E-state index in [1.807, 2.05) is 33.8 Å². The Morgan fingerprint density at radius 2 is 1.79 bits per heavy atom. The molecule has 0 spiro atoms. The highest BCUT2D eigenvalue weighted by Gasteiger charge is 2.26. The monoisotopic (exact) mass is 541 g/mol. The zero-order valence-electron chi connectivity index (χ0n) is 16.5. The lowest BCUT2D eigenvalue weighted by atomic mass is 9.86. The predicted molar refractivity (Wildman–Crippen MR) is 121 cm³/mol. The van der Waals surface area contributed by atoms with Gasteiger partial charge in [-0.2, -0.15) is 8.42 Å². The fourth-order valence-electron chi connectivity index (χ4n) is 2.92. The van der Waals surface area contributed by atoms with E-state index in [4.69, 9.17) is 8.92 Å². The molecule has 0 unspecified atom stereocenters. The number of rotatable bonds is 5. The van der Waals surface area contributed by atoms with Gasteiger partial charge in [0.25, 0.3) is 0 Å². The van der Waals surface area contributed by atoms with Gasteiger partial charge in [-0.25, -0.2) is 0 Å². The minimum Gasteiger partial charge on any atom is -0.494 e. The molecule has 1 heterocycles. The Balaban J connectivity index is 2.11. The number of hydrogen-bond acceptors (Lipinski definition) is 5. The first-order valence-corrected chi connectivity index (χ1v) is 12.0. The van der Waals surface area contributed by atoms with E-state index in [-0.39, 0.29) is 16.1 Å². The molecule has 0 saturated carbocycles. The van der Waals surface area contributed by atoms with Crippen molar-refractivity contribution in [3.05, 3.63) is 57.1 Å². The molecular weight excluding hydrogens is 522 g/mol. The van der Waals surface area contributed by atoms with E-state index in [0.29, 0.717) is 22.3 Å². The van der Waals surface area contributed by atoms with E-state index in [0.717, 1.165) is 15.4 Å². The third-order valence-corrected chi connectivity index (χ3v) is 6.75. The quantitative estimate of drug-likeness (QED) is 0.358. The van der Waals surface area contributed by atoms with Crippen LogP contribution in [0.25, 0.3) is 10.9 Å². The lowest BCUT2D eigenvalue weighted by molar-refractivity contribution is 0.329. The highest BCUT2D eigenvalue weighted by molar-refractivity contribution is 9.11. The summed E-state index contributed by atoms with van der Waals surface area (Å²) < 4.78 is 38.7. The normalized spacial score (nSPS) is 12.2. The molecule has 0 amide bonds. The fraction of sp³-hybridized carbons (Fsp3) is 0.286. The van der Waals surface area contributed by atoms with Crippen LogP contribution < -0.4 is 8.92 Å². The molecule has 0 radical (unpaired) electrons. The molecule has 0 aliphatic carbocycles. The molecule has 0 fully saturated rings. The van der Waals surface area contributed by atoms with Crippen molar-refractivity contribution in [2.75, 3.05) is 6.61 Å². The van der Waals surface area contributed by atoms with Gasteiger partial charge in [0.05, 0.1) is 11.1 Å². The van der Waals surface area contributed by atoms with E-state index in [9.17, 15) is 8.42 Å². The third kappa shape index (κ3) is 4.59. The van der Waals surface area contributed by atoms with Crippen molar-refractivity contribution in [3.63, 3.8) is 0 Å². The topological polar surface area (TPSA) is 65.5 Å². The number of aromatic nitrogens is 1. The van der Waals surface area contributed by atoms with Crippen LogP contribution in [0.3, 0.4) is 0 Å². The molecule has 0 atom stereocenters. The number of fused-ring (bicyclic) bond motifs is 1. The van der Waals surface area contributed by atoms with Crippen molar-refractivity contribution in [2.45, 2.75) is 38.0 Å². The summed E-state index contributed by atoms with van der Waals surface area (Å²) in [4.78, 5) is 4.37. The fourth-order valence-corrected chi connectivity index (χ4v) is 5.36. The average molecular weight is 543 g/mol. The van der Waals surface area contributed by atoms with Crippen LogP contribution in [0.4, 0.5) is 0 Å². The molecule has 3 aromatic rings. The first-order chi connectivity index (χ1) is 13.5. The van der Waals surface area contributed by atoms with E-state index in [1.54, 1.807) is 30.5 Å². The van der Waals surface area contributed by atoms with Crippen LogP contribution in [0.1, 0.15) is 33.3 Å². The van der Waals surface area contributed by atoms with E-state index >= 15 is 0 Å². The van der Waals surface area contributed by atoms with Gasteiger partial charge in [-0.05, 0) is 58.6 Å². The average Bonchev–Trinajstić information content (AvgIpc) is 2.65. The maximum absolute atomic E-state index is 13.1. The molecule has 154 valence electrons. The largest absolute Gasteiger partial charge is 0.494 e. The number of benzene rings is 2. The minimum atomic E-state index is -4.10. The Bertz CT molecular complexity index is 1170. The number of ether oxygens (including phenoxy) is 1. The molecule has 1 aromatic heterocycles. The lowest BCUT2D eigenvalue weighted by Gasteiger charge is -2.23. The smallest absolute Gasteiger partial charge is 0.339 e. The van der Waals surface area contributed by atoms with Crippen molar-refractivity contribution in [1.29, 1.82) is 0 Å². The summed E-state index contributed by atoms with van der Waals surface area (Å²) in [7, 11) is -4.10. The van der Waals surface area contributed by atoms with Crippen LogP contribution in [-0.2, 0) is 15.5 Å². The van der Waals surface area contributed by atoms with Crippen molar-refractivity contribution < 1.29 is 17.3 Å². The Hall–Kier alpha value is -1.64. The van der Waals surface area contributed by atoms with Gasteiger partial charge in [0.15, 0.2) is 5.75 Å². The summed E-state index contributed by atoms with van der Waals surface area (Å²) >= 11 is 6.86. The van der Waals surface area contributed by atoms with E-state index in [2.05, 4.69) is 36.8 Å². The zero-order chi connectivity index (χ0) is 21.4. The van der Waals surface area contributed by atoms with Gasteiger partial charge in [0.1, 0.15) is 16.2 Å². The zero-order valence-corrected chi connectivity index (χ0v) is 20.5. The maximum atomic E-state index is 13.1. The van der Waals surface area contributed by atoms with Gasteiger partial charge >= 0.3 is 10.1 Å². The first kappa shape index (κ1) is 22.1. The summed E-state index contributed by atoms with van der Waals surface area (Å²) in [5, 5.41) is 0.753. The Morgan fingerprint density at radius 3 is 2.45 bits per heavy atom. The van der Waals surface area contributed by atoms with Gasteiger partial charge < -0.3 is 8.92 Å². The number of halogens is 2. The molecule has 0 saturated heterocycles. The van der Waals surface area contributed by atoms with Gasteiger partial charge in [0, 0.05) is 21.6 Å². The molecule has 0 aliphatic rings. The molecule has 5 nitrogen and oxygen atoms in total. The molecule has 8 heteroatoms. The van der Waals surface area contributed by atoms with Crippen LogP contribution in [0.15, 0.2) is 56.4 Å². The van der Waals surface area contributed by atoms with E-state index < -0.39 is 10.1 Å². The van der Waals surface area contributed by atoms with Crippen molar-refractivity contribution >= 4 is 52.9 Å². The maximum Gasteiger partial charge on any atom is 0.339 e.